The van der Waals surface area contributed by atoms with E-state index >= 15 is 0 Å². The molecule has 0 saturated carbocycles. The van der Waals surface area contributed by atoms with Gasteiger partial charge in [-0.05, 0) is 24.4 Å². The van der Waals surface area contributed by atoms with E-state index in [1.165, 1.54) is 4.88 Å². The SMILES string of the molecule is C[C@@H](c1cccs1)n1nccc1N. The Labute approximate surface area is 80.8 Å². The highest BCUT2D eigenvalue weighted by atomic mass is 32.1. The zero-order chi connectivity index (χ0) is 9.26. The Bertz CT molecular complexity index is 377. The molecule has 4 heteroatoms. The molecule has 0 aliphatic rings. The average molecular weight is 193 g/mol. The molecule has 0 bridgehead atoms. The van der Waals surface area contributed by atoms with E-state index in [4.69, 9.17) is 5.73 Å². The smallest absolute Gasteiger partial charge is 0.122 e. The lowest BCUT2D eigenvalue weighted by atomic mass is 10.3. The minimum Gasteiger partial charge on any atom is -0.384 e. The summed E-state index contributed by atoms with van der Waals surface area (Å²) in [5, 5.41) is 6.23. The highest BCUT2D eigenvalue weighted by Crippen LogP contribution is 2.23. The number of nitrogen functional groups attached to an aromatic ring is 1. The molecule has 0 unspecified atom stereocenters. The Morgan fingerprint density at radius 1 is 1.54 bits per heavy atom. The van der Waals surface area contributed by atoms with Gasteiger partial charge in [-0.3, -0.25) is 0 Å². The van der Waals surface area contributed by atoms with Crippen molar-refractivity contribution in [3.8, 4) is 0 Å². The predicted molar refractivity (Wildman–Crippen MR) is 54.8 cm³/mol. The third-order valence-corrected chi connectivity index (χ3v) is 3.07. The maximum Gasteiger partial charge on any atom is 0.122 e. The standard InChI is InChI=1S/C9H11N3S/c1-7(8-3-2-6-13-8)12-9(10)4-5-11-12/h2-7H,10H2,1H3/t7-/m0/s1. The third kappa shape index (κ3) is 1.45. The molecule has 2 aromatic heterocycles. The lowest BCUT2D eigenvalue weighted by molar-refractivity contribution is 0.581. The van der Waals surface area contributed by atoms with E-state index in [-0.39, 0.29) is 6.04 Å². The number of anilines is 1. The van der Waals surface area contributed by atoms with E-state index in [1.807, 2.05) is 16.8 Å². The van der Waals surface area contributed by atoms with Crippen molar-refractivity contribution in [2.45, 2.75) is 13.0 Å². The van der Waals surface area contributed by atoms with Crippen LogP contribution in [0, 0.1) is 0 Å². The fourth-order valence-corrected chi connectivity index (χ4v) is 2.07. The van der Waals surface area contributed by atoms with Crippen LogP contribution in [0.2, 0.25) is 0 Å². The molecule has 2 N–H and O–H groups in total. The normalized spacial score (nSPS) is 13.0. The number of nitrogens with two attached hydrogens (primary N) is 1. The van der Waals surface area contributed by atoms with E-state index in [9.17, 15) is 0 Å². The van der Waals surface area contributed by atoms with Crippen LogP contribution in [0.25, 0.3) is 0 Å². The molecule has 0 spiro atoms. The molecular formula is C9H11N3S. The number of hydrogen-bond acceptors (Lipinski definition) is 3. The Morgan fingerprint density at radius 2 is 2.38 bits per heavy atom. The van der Waals surface area contributed by atoms with Crippen LogP contribution in [-0.2, 0) is 0 Å². The van der Waals surface area contributed by atoms with Crippen LogP contribution in [0.1, 0.15) is 17.8 Å². The fourth-order valence-electron chi connectivity index (χ4n) is 1.30. The Morgan fingerprint density at radius 3 is 2.92 bits per heavy atom. The van der Waals surface area contributed by atoms with Crippen molar-refractivity contribution < 1.29 is 0 Å². The molecule has 2 heterocycles. The van der Waals surface area contributed by atoms with Crippen molar-refractivity contribution in [2.75, 3.05) is 5.73 Å². The van der Waals surface area contributed by atoms with Gasteiger partial charge in [-0.25, -0.2) is 4.68 Å². The summed E-state index contributed by atoms with van der Waals surface area (Å²) >= 11 is 1.72. The van der Waals surface area contributed by atoms with Crippen LogP contribution in [0.4, 0.5) is 5.82 Å². The van der Waals surface area contributed by atoms with Gasteiger partial charge in [-0.15, -0.1) is 11.3 Å². The monoisotopic (exact) mass is 193 g/mol. The predicted octanol–water partition coefficient (Wildman–Crippen LogP) is 2.14. The lowest BCUT2D eigenvalue weighted by Crippen LogP contribution is -2.09. The van der Waals surface area contributed by atoms with E-state index in [0.717, 1.165) is 0 Å². The summed E-state index contributed by atoms with van der Waals surface area (Å²) in [7, 11) is 0. The first-order valence-corrected chi connectivity index (χ1v) is 4.99. The third-order valence-electron chi connectivity index (χ3n) is 2.02. The first kappa shape index (κ1) is 8.31. The van der Waals surface area contributed by atoms with E-state index in [1.54, 1.807) is 17.5 Å². The van der Waals surface area contributed by atoms with Crippen LogP contribution >= 0.6 is 11.3 Å². The highest BCUT2D eigenvalue weighted by molar-refractivity contribution is 7.10. The second-order valence-electron chi connectivity index (χ2n) is 2.89. The van der Waals surface area contributed by atoms with Gasteiger partial charge >= 0.3 is 0 Å². The first-order chi connectivity index (χ1) is 6.29. The molecule has 0 aromatic carbocycles. The van der Waals surface area contributed by atoms with Crippen molar-refractivity contribution in [2.24, 2.45) is 0 Å². The summed E-state index contributed by atoms with van der Waals surface area (Å²) in [6.07, 6.45) is 1.72. The van der Waals surface area contributed by atoms with Crippen molar-refractivity contribution >= 4 is 17.2 Å². The van der Waals surface area contributed by atoms with Crippen molar-refractivity contribution in [3.63, 3.8) is 0 Å². The number of thiophene rings is 1. The maximum atomic E-state index is 5.75. The molecule has 0 radical (unpaired) electrons. The average Bonchev–Trinajstić information content (AvgIpc) is 2.72. The molecule has 2 rings (SSSR count). The molecule has 2 aromatic rings. The lowest BCUT2D eigenvalue weighted by Gasteiger charge is -2.11. The van der Waals surface area contributed by atoms with Crippen LogP contribution in [0.3, 0.4) is 0 Å². The van der Waals surface area contributed by atoms with Crippen molar-refractivity contribution in [1.82, 2.24) is 9.78 Å². The molecule has 68 valence electrons. The Hall–Kier alpha value is -1.29. The minimum absolute atomic E-state index is 0.231. The summed E-state index contributed by atoms with van der Waals surface area (Å²) in [4.78, 5) is 1.27. The second-order valence-corrected chi connectivity index (χ2v) is 3.87. The van der Waals surface area contributed by atoms with Crippen LogP contribution in [0.15, 0.2) is 29.8 Å². The van der Waals surface area contributed by atoms with Crippen LogP contribution < -0.4 is 5.73 Å². The summed E-state index contributed by atoms with van der Waals surface area (Å²) < 4.78 is 1.83. The Balaban J connectivity index is 2.33. The molecular weight excluding hydrogens is 182 g/mol. The fraction of sp³-hybridized carbons (Fsp3) is 0.222. The molecule has 0 saturated heterocycles. The van der Waals surface area contributed by atoms with E-state index < -0.39 is 0 Å². The van der Waals surface area contributed by atoms with Crippen molar-refractivity contribution in [3.05, 3.63) is 34.7 Å². The number of nitrogens with zero attached hydrogens (tertiary/aromatic N) is 2. The molecule has 0 aliphatic carbocycles. The van der Waals surface area contributed by atoms with Gasteiger partial charge in [0.2, 0.25) is 0 Å². The minimum atomic E-state index is 0.231. The second kappa shape index (κ2) is 3.22. The van der Waals surface area contributed by atoms with Gasteiger partial charge in [-0.2, -0.15) is 5.10 Å². The van der Waals surface area contributed by atoms with Gasteiger partial charge < -0.3 is 5.73 Å². The molecule has 3 nitrogen and oxygen atoms in total. The maximum absolute atomic E-state index is 5.75. The van der Waals surface area contributed by atoms with Crippen molar-refractivity contribution in [1.29, 1.82) is 0 Å². The van der Waals surface area contributed by atoms with Crippen LogP contribution in [0.5, 0.6) is 0 Å². The molecule has 1 atom stereocenters. The van der Waals surface area contributed by atoms with E-state index in [0.29, 0.717) is 5.82 Å². The summed E-state index contributed by atoms with van der Waals surface area (Å²) in [6, 6.07) is 6.17. The van der Waals surface area contributed by atoms with E-state index in [2.05, 4.69) is 23.5 Å². The molecule has 0 amide bonds. The summed E-state index contributed by atoms with van der Waals surface area (Å²) in [5.74, 6) is 0.709. The van der Waals surface area contributed by atoms with Crippen LogP contribution in [-0.4, -0.2) is 9.78 Å². The highest BCUT2D eigenvalue weighted by Gasteiger charge is 2.10. The van der Waals surface area contributed by atoms with Gasteiger partial charge in [0.1, 0.15) is 5.82 Å². The van der Waals surface area contributed by atoms with Gasteiger partial charge in [-0.1, -0.05) is 6.07 Å². The number of hydrogen-bond donors (Lipinski definition) is 1. The molecule has 0 fully saturated rings. The van der Waals surface area contributed by atoms with Gasteiger partial charge in [0.15, 0.2) is 0 Å². The first-order valence-electron chi connectivity index (χ1n) is 4.11. The largest absolute Gasteiger partial charge is 0.384 e. The molecule has 0 aliphatic heterocycles. The molecule has 13 heavy (non-hydrogen) atoms. The van der Waals surface area contributed by atoms with Gasteiger partial charge in [0, 0.05) is 4.88 Å². The topological polar surface area (TPSA) is 43.8 Å². The zero-order valence-electron chi connectivity index (χ0n) is 7.34. The zero-order valence-corrected chi connectivity index (χ0v) is 8.16. The number of rotatable bonds is 2. The van der Waals surface area contributed by atoms with Gasteiger partial charge in [0.25, 0.3) is 0 Å². The summed E-state index contributed by atoms with van der Waals surface area (Å²) in [6.45, 7) is 2.09. The Kier molecular flexibility index (Phi) is 2.06. The van der Waals surface area contributed by atoms with Gasteiger partial charge in [0.05, 0.1) is 12.2 Å². The quantitative estimate of drug-likeness (QED) is 0.794. The summed E-state index contributed by atoms with van der Waals surface area (Å²) in [5.41, 5.74) is 5.75. The number of aromatic nitrogens is 2.